The van der Waals surface area contributed by atoms with Crippen molar-refractivity contribution in [3.8, 4) is 0 Å². The van der Waals surface area contributed by atoms with Gasteiger partial charge < -0.3 is 15.4 Å². The van der Waals surface area contributed by atoms with E-state index in [-0.39, 0.29) is 23.8 Å². The summed E-state index contributed by atoms with van der Waals surface area (Å²) in [5.41, 5.74) is -0.900. The molecule has 8 heteroatoms. The van der Waals surface area contributed by atoms with Gasteiger partial charge in [-0.3, -0.25) is 19.3 Å². The number of urea groups is 1. The van der Waals surface area contributed by atoms with Gasteiger partial charge in [0.25, 0.3) is 11.8 Å². The lowest BCUT2D eigenvalue weighted by molar-refractivity contribution is -0.151. The van der Waals surface area contributed by atoms with Crippen molar-refractivity contribution in [3.05, 3.63) is 0 Å². The summed E-state index contributed by atoms with van der Waals surface area (Å²) in [5, 5.41) is 5.76. The van der Waals surface area contributed by atoms with E-state index in [0.29, 0.717) is 18.3 Å². The highest BCUT2D eigenvalue weighted by Gasteiger charge is 2.55. The van der Waals surface area contributed by atoms with Crippen LogP contribution >= 0.6 is 0 Å². The largest absolute Gasteiger partial charge is 0.454 e. The van der Waals surface area contributed by atoms with Crippen LogP contribution in [-0.4, -0.2) is 53.4 Å². The van der Waals surface area contributed by atoms with Crippen molar-refractivity contribution >= 4 is 23.8 Å². The average Bonchev–Trinajstić information content (AvgIpc) is 3.40. The van der Waals surface area contributed by atoms with Gasteiger partial charge in [0.1, 0.15) is 12.1 Å². The lowest BCUT2D eigenvalue weighted by atomic mass is 9.73. The third kappa shape index (κ3) is 3.81. The summed E-state index contributed by atoms with van der Waals surface area (Å²) < 4.78 is 5.07. The smallest absolute Gasteiger partial charge is 0.326 e. The molecule has 166 valence electrons. The maximum absolute atomic E-state index is 12.9. The van der Waals surface area contributed by atoms with E-state index in [2.05, 4.69) is 10.6 Å². The SMILES string of the molecule is CC(NC(=O)COC(=O)CN1C(=O)NC2(CCCCC2C)C1=O)C1CC2CCC1C2. The minimum atomic E-state index is -0.900. The Morgan fingerprint density at radius 1 is 1.23 bits per heavy atom. The zero-order valence-electron chi connectivity index (χ0n) is 17.9. The van der Waals surface area contributed by atoms with Crippen LogP contribution in [0.15, 0.2) is 0 Å². The number of carbonyl (C=O) groups excluding carboxylic acids is 4. The fourth-order valence-electron chi connectivity index (χ4n) is 6.27. The Bertz CT molecular complexity index is 740. The Kier molecular flexibility index (Phi) is 5.77. The highest BCUT2D eigenvalue weighted by Crippen LogP contribution is 2.49. The number of carbonyl (C=O) groups is 4. The lowest BCUT2D eigenvalue weighted by Gasteiger charge is -2.36. The normalized spacial score (nSPS) is 36.1. The Hall–Kier alpha value is -2.12. The zero-order valence-corrected chi connectivity index (χ0v) is 17.9. The zero-order chi connectivity index (χ0) is 21.5. The van der Waals surface area contributed by atoms with Gasteiger partial charge in [-0.1, -0.05) is 26.2 Å². The van der Waals surface area contributed by atoms with Gasteiger partial charge in [0, 0.05) is 6.04 Å². The summed E-state index contributed by atoms with van der Waals surface area (Å²) in [6.45, 7) is 3.12. The molecular weight excluding hydrogens is 386 g/mol. The van der Waals surface area contributed by atoms with Crippen molar-refractivity contribution < 1.29 is 23.9 Å². The number of amides is 4. The number of ether oxygens (including phenoxy) is 1. The van der Waals surface area contributed by atoms with Crippen molar-refractivity contribution in [1.29, 1.82) is 0 Å². The van der Waals surface area contributed by atoms with Gasteiger partial charge in [-0.05, 0) is 62.7 Å². The molecule has 4 rings (SSSR count). The number of fused-ring (bicyclic) bond motifs is 2. The van der Waals surface area contributed by atoms with E-state index >= 15 is 0 Å². The maximum Gasteiger partial charge on any atom is 0.326 e. The first-order valence-electron chi connectivity index (χ1n) is 11.4. The van der Waals surface area contributed by atoms with Crippen LogP contribution in [0.2, 0.25) is 0 Å². The predicted molar refractivity (Wildman–Crippen MR) is 108 cm³/mol. The van der Waals surface area contributed by atoms with Gasteiger partial charge >= 0.3 is 12.0 Å². The summed E-state index contributed by atoms with van der Waals surface area (Å²) in [4.78, 5) is 50.6. The third-order valence-electron chi connectivity index (χ3n) is 7.98. The molecule has 6 atom stereocenters. The standard InChI is InChI=1S/C22H33N3O5/c1-13-5-3-4-8-22(13)20(28)25(21(29)24-22)11-19(27)30-12-18(26)23-14(2)17-10-15-6-7-16(17)9-15/h13-17H,3-12H2,1-2H3,(H,23,26)(H,24,29). The van der Waals surface area contributed by atoms with Gasteiger partial charge in [0.05, 0.1) is 0 Å². The summed E-state index contributed by atoms with van der Waals surface area (Å²) >= 11 is 0. The summed E-state index contributed by atoms with van der Waals surface area (Å²) in [6, 6.07) is -0.495. The van der Waals surface area contributed by atoms with E-state index in [0.717, 1.165) is 36.5 Å². The molecule has 4 amide bonds. The van der Waals surface area contributed by atoms with E-state index in [1.54, 1.807) is 0 Å². The van der Waals surface area contributed by atoms with Crippen LogP contribution in [0.4, 0.5) is 4.79 Å². The first-order chi connectivity index (χ1) is 14.3. The van der Waals surface area contributed by atoms with Crippen LogP contribution in [0.3, 0.4) is 0 Å². The highest BCUT2D eigenvalue weighted by atomic mass is 16.5. The minimum absolute atomic E-state index is 0.0295. The summed E-state index contributed by atoms with van der Waals surface area (Å²) in [6.07, 6.45) is 8.35. The molecule has 0 radical (unpaired) electrons. The van der Waals surface area contributed by atoms with E-state index in [1.165, 1.54) is 19.3 Å². The second-order valence-corrected chi connectivity index (χ2v) is 9.80. The fraction of sp³-hybridized carbons (Fsp3) is 0.818. The molecule has 30 heavy (non-hydrogen) atoms. The molecular formula is C22H33N3O5. The van der Waals surface area contributed by atoms with Crippen LogP contribution in [-0.2, 0) is 19.1 Å². The maximum atomic E-state index is 12.9. The minimum Gasteiger partial charge on any atom is -0.454 e. The van der Waals surface area contributed by atoms with Crippen molar-refractivity contribution in [2.24, 2.45) is 23.7 Å². The molecule has 2 N–H and O–H groups in total. The van der Waals surface area contributed by atoms with Gasteiger partial charge in [0.15, 0.2) is 6.61 Å². The van der Waals surface area contributed by atoms with Crippen LogP contribution in [0.25, 0.3) is 0 Å². The average molecular weight is 420 g/mol. The Morgan fingerprint density at radius 2 is 2.03 bits per heavy atom. The number of nitrogens with zero attached hydrogens (tertiary/aromatic N) is 1. The van der Waals surface area contributed by atoms with Gasteiger partial charge in [0.2, 0.25) is 0 Å². The van der Waals surface area contributed by atoms with Gasteiger partial charge in [-0.15, -0.1) is 0 Å². The van der Waals surface area contributed by atoms with E-state index < -0.39 is 30.7 Å². The van der Waals surface area contributed by atoms with E-state index in [9.17, 15) is 19.2 Å². The molecule has 8 nitrogen and oxygen atoms in total. The van der Waals surface area contributed by atoms with E-state index in [1.807, 2.05) is 13.8 Å². The molecule has 4 aliphatic rings. The molecule has 1 saturated heterocycles. The third-order valence-corrected chi connectivity index (χ3v) is 7.98. The molecule has 1 aliphatic heterocycles. The number of hydrogen-bond donors (Lipinski definition) is 2. The molecule has 1 spiro atoms. The molecule has 0 aromatic carbocycles. The van der Waals surface area contributed by atoms with Crippen LogP contribution in [0.1, 0.15) is 65.2 Å². The summed E-state index contributed by atoms with van der Waals surface area (Å²) in [7, 11) is 0. The predicted octanol–water partition coefficient (Wildman–Crippen LogP) is 1.97. The van der Waals surface area contributed by atoms with Crippen LogP contribution in [0.5, 0.6) is 0 Å². The topological polar surface area (TPSA) is 105 Å². The van der Waals surface area contributed by atoms with Crippen LogP contribution in [0, 0.1) is 23.7 Å². The second kappa shape index (κ2) is 8.19. The molecule has 0 aromatic heterocycles. The molecule has 1 heterocycles. The second-order valence-electron chi connectivity index (χ2n) is 9.80. The monoisotopic (exact) mass is 419 g/mol. The van der Waals surface area contributed by atoms with Crippen molar-refractivity contribution in [2.75, 3.05) is 13.2 Å². The Balaban J connectivity index is 1.24. The highest BCUT2D eigenvalue weighted by molar-refractivity contribution is 6.09. The molecule has 3 saturated carbocycles. The molecule has 0 aromatic rings. The van der Waals surface area contributed by atoms with Crippen molar-refractivity contribution in [2.45, 2.75) is 76.8 Å². The van der Waals surface area contributed by atoms with E-state index in [4.69, 9.17) is 4.74 Å². The first-order valence-corrected chi connectivity index (χ1v) is 11.4. The fourth-order valence-corrected chi connectivity index (χ4v) is 6.27. The van der Waals surface area contributed by atoms with Crippen molar-refractivity contribution in [3.63, 3.8) is 0 Å². The van der Waals surface area contributed by atoms with Crippen molar-refractivity contribution in [1.82, 2.24) is 15.5 Å². The van der Waals surface area contributed by atoms with Gasteiger partial charge in [-0.2, -0.15) is 0 Å². The number of hydrogen-bond acceptors (Lipinski definition) is 5. The quantitative estimate of drug-likeness (QED) is 0.506. The molecule has 6 unspecified atom stereocenters. The lowest BCUT2D eigenvalue weighted by Crippen LogP contribution is -2.54. The molecule has 4 fully saturated rings. The number of imide groups is 1. The number of nitrogens with one attached hydrogen (secondary N) is 2. The summed E-state index contributed by atoms with van der Waals surface area (Å²) in [5.74, 6) is 0.587. The molecule has 3 aliphatic carbocycles. The number of esters is 1. The van der Waals surface area contributed by atoms with Gasteiger partial charge in [-0.25, -0.2) is 4.79 Å². The van der Waals surface area contributed by atoms with Crippen LogP contribution < -0.4 is 10.6 Å². The Labute approximate surface area is 177 Å². The molecule has 2 bridgehead atoms. The Morgan fingerprint density at radius 3 is 2.70 bits per heavy atom. The number of rotatable bonds is 6. The first kappa shape index (κ1) is 21.1.